The zero-order valence-corrected chi connectivity index (χ0v) is 15.9. The summed E-state index contributed by atoms with van der Waals surface area (Å²) in [5.74, 6) is 0. The highest BCUT2D eigenvalue weighted by atomic mass is 32.1. The van der Waals surface area contributed by atoms with E-state index in [0.29, 0.717) is 5.39 Å². The summed E-state index contributed by atoms with van der Waals surface area (Å²) in [6.45, 7) is 2.24. The van der Waals surface area contributed by atoms with Crippen molar-refractivity contribution in [2.45, 2.75) is 25.7 Å². The Balaban J connectivity index is 1.59. The van der Waals surface area contributed by atoms with Crippen molar-refractivity contribution in [3.05, 3.63) is 69.2 Å². The third kappa shape index (κ3) is 3.85. The molecule has 0 saturated carbocycles. The summed E-state index contributed by atoms with van der Waals surface area (Å²) in [7, 11) is 0. The van der Waals surface area contributed by atoms with Gasteiger partial charge in [-0.05, 0) is 54.9 Å². The van der Waals surface area contributed by atoms with E-state index >= 15 is 0 Å². The molecule has 0 aliphatic carbocycles. The number of rotatable bonds is 3. The van der Waals surface area contributed by atoms with Crippen LogP contribution in [0, 0.1) is 4.77 Å². The Morgan fingerprint density at radius 1 is 0.963 bits per heavy atom. The summed E-state index contributed by atoms with van der Waals surface area (Å²) >= 11 is 5.29. The molecule has 1 aromatic heterocycles. The average Bonchev–Trinajstić information content (AvgIpc) is 2.98. The van der Waals surface area contributed by atoms with Gasteiger partial charge in [-0.15, -0.1) is 0 Å². The number of anilines is 1. The van der Waals surface area contributed by atoms with Crippen LogP contribution in [-0.4, -0.2) is 29.0 Å². The van der Waals surface area contributed by atoms with Crippen molar-refractivity contribution in [1.29, 1.82) is 0 Å². The molecule has 6 heteroatoms. The zero-order chi connectivity index (χ0) is 18.6. The Labute approximate surface area is 163 Å². The summed E-state index contributed by atoms with van der Waals surface area (Å²) in [5, 5.41) is 4.88. The lowest BCUT2D eigenvalue weighted by Gasteiger charge is -2.22. The van der Waals surface area contributed by atoms with E-state index in [4.69, 9.17) is 12.2 Å². The van der Waals surface area contributed by atoms with Crippen molar-refractivity contribution < 1.29 is 0 Å². The molecule has 138 valence electrons. The Morgan fingerprint density at radius 2 is 1.67 bits per heavy atom. The molecule has 0 unspecified atom stereocenters. The summed E-state index contributed by atoms with van der Waals surface area (Å²) in [5.41, 5.74) is 2.68. The number of aromatic nitrogens is 2. The number of aromatic amines is 1. The second-order valence-electron chi connectivity index (χ2n) is 6.83. The zero-order valence-electron chi connectivity index (χ0n) is 15.1. The molecule has 5 nitrogen and oxygen atoms in total. The van der Waals surface area contributed by atoms with Crippen molar-refractivity contribution in [3.8, 4) is 0 Å². The number of para-hydroxylation sites is 1. The van der Waals surface area contributed by atoms with Gasteiger partial charge in [-0.3, -0.25) is 4.79 Å². The molecule has 2 aromatic carbocycles. The van der Waals surface area contributed by atoms with E-state index in [0.717, 1.165) is 24.2 Å². The molecule has 0 atom stereocenters. The van der Waals surface area contributed by atoms with Gasteiger partial charge in [0, 0.05) is 18.8 Å². The lowest BCUT2D eigenvalue weighted by molar-refractivity contribution is 0.726. The lowest BCUT2D eigenvalue weighted by Crippen LogP contribution is -2.23. The SMILES string of the molecule is O=c1c2ccccc2[nH]c(=S)n1/N=C\c1ccc(N2CCCCCC2)cc1. The minimum Gasteiger partial charge on any atom is -0.372 e. The average molecular weight is 379 g/mol. The number of fused-ring (bicyclic) bond motifs is 1. The van der Waals surface area contributed by atoms with Crippen molar-refractivity contribution in [3.63, 3.8) is 0 Å². The molecule has 0 radical (unpaired) electrons. The topological polar surface area (TPSA) is 53.4 Å². The quantitative estimate of drug-likeness (QED) is 0.545. The number of benzene rings is 2. The summed E-state index contributed by atoms with van der Waals surface area (Å²) in [6, 6.07) is 15.6. The maximum Gasteiger partial charge on any atom is 0.282 e. The molecule has 0 amide bonds. The monoisotopic (exact) mass is 378 g/mol. The summed E-state index contributed by atoms with van der Waals surface area (Å²) < 4.78 is 1.52. The van der Waals surface area contributed by atoms with Gasteiger partial charge in [0.1, 0.15) is 0 Å². The number of nitrogens with zero attached hydrogens (tertiary/aromatic N) is 3. The van der Waals surface area contributed by atoms with Crippen molar-refractivity contribution in [1.82, 2.24) is 9.66 Å². The van der Waals surface area contributed by atoms with Crippen LogP contribution in [0.5, 0.6) is 0 Å². The van der Waals surface area contributed by atoms with Crippen LogP contribution in [0.4, 0.5) is 5.69 Å². The highest BCUT2D eigenvalue weighted by molar-refractivity contribution is 7.71. The number of hydrogen-bond acceptors (Lipinski definition) is 4. The first kappa shape index (κ1) is 17.7. The van der Waals surface area contributed by atoms with Gasteiger partial charge in [0.15, 0.2) is 0 Å². The Kier molecular flexibility index (Phi) is 5.16. The van der Waals surface area contributed by atoms with Gasteiger partial charge in [-0.1, -0.05) is 37.1 Å². The normalized spacial score (nSPS) is 15.3. The Bertz CT molecular complexity index is 1070. The molecule has 1 aliphatic rings. The minimum absolute atomic E-state index is 0.216. The predicted octanol–water partition coefficient (Wildman–Crippen LogP) is 4.32. The predicted molar refractivity (Wildman–Crippen MR) is 114 cm³/mol. The molecule has 3 aromatic rings. The molecule has 2 heterocycles. The molecule has 4 rings (SSSR count). The minimum atomic E-state index is -0.216. The van der Waals surface area contributed by atoms with E-state index < -0.39 is 0 Å². The van der Waals surface area contributed by atoms with E-state index in [9.17, 15) is 4.79 Å². The fourth-order valence-corrected chi connectivity index (χ4v) is 3.72. The number of hydrogen-bond donors (Lipinski definition) is 1. The van der Waals surface area contributed by atoms with E-state index in [2.05, 4.69) is 27.1 Å². The van der Waals surface area contributed by atoms with Gasteiger partial charge in [-0.2, -0.15) is 9.78 Å². The van der Waals surface area contributed by atoms with Gasteiger partial charge in [0.2, 0.25) is 4.77 Å². The standard InChI is InChI=1S/C21H22N4OS/c26-20-18-7-3-4-8-19(18)23-21(27)25(20)22-15-16-9-11-17(12-10-16)24-13-5-1-2-6-14-24/h3-4,7-12,15H,1-2,5-6,13-14H2,(H,23,27)/b22-15-. The van der Waals surface area contributed by atoms with Crippen LogP contribution in [0.25, 0.3) is 10.9 Å². The largest absolute Gasteiger partial charge is 0.372 e. The third-order valence-electron chi connectivity index (χ3n) is 4.97. The highest BCUT2D eigenvalue weighted by Gasteiger charge is 2.09. The summed E-state index contributed by atoms with van der Waals surface area (Å²) in [4.78, 5) is 18.1. The number of nitrogens with one attached hydrogen (secondary N) is 1. The van der Waals surface area contributed by atoms with E-state index in [1.807, 2.05) is 30.3 Å². The summed E-state index contributed by atoms with van der Waals surface area (Å²) in [6.07, 6.45) is 6.83. The van der Waals surface area contributed by atoms with E-state index in [1.54, 1.807) is 12.3 Å². The fraction of sp³-hybridized carbons (Fsp3) is 0.286. The van der Waals surface area contributed by atoms with Crippen LogP contribution in [0.2, 0.25) is 0 Å². The second kappa shape index (κ2) is 7.88. The van der Waals surface area contributed by atoms with Gasteiger partial charge < -0.3 is 9.88 Å². The first-order chi connectivity index (χ1) is 13.2. The van der Waals surface area contributed by atoms with Crippen LogP contribution < -0.4 is 10.5 Å². The first-order valence-corrected chi connectivity index (χ1v) is 9.77. The maximum atomic E-state index is 12.6. The third-order valence-corrected chi connectivity index (χ3v) is 5.25. The van der Waals surface area contributed by atoms with Gasteiger partial charge >= 0.3 is 0 Å². The first-order valence-electron chi connectivity index (χ1n) is 9.36. The van der Waals surface area contributed by atoms with Crippen molar-refractivity contribution >= 4 is 35.0 Å². The van der Waals surface area contributed by atoms with Gasteiger partial charge in [-0.25, -0.2) is 0 Å². The smallest absolute Gasteiger partial charge is 0.282 e. The van der Waals surface area contributed by atoms with Crippen LogP contribution in [0.1, 0.15) is 31.2 Å². The van der Waals surface area contributed by atoms with Gasteiger partial charge in [0.25, 0.3) is 5.56 Å². The van der Waals surface area contributed by atoms with E-state index in [1.165, 1.54) is 36.0 Å². The molecule has 27 heavy (non-hydrogen) atoms. The fourth-order valence-electron chi connectivity index (χ4n) is 3.48. The lowest BCUT2D eigenvalue weighted by atomic mass is 10.2. The molecular formula is C21H22N4OS. The van der Waals surface area contributed by atoms with Crippen LogP contribution in [0.3, 0.4) is 0 Å². The molecule has 1 N–H and O–H groups in total. The molecule has 1 fully saturated rings. The molecule has 1 aliphatic heterocycles. The molecule has 0 spiro atoms. The van der Waals surface area contributed by atoms with Crippen molar-refractivity contribution in [2.75, 3.05) is 18.0 Å². The highest BCUT2D eigenvalue weighted by Crippen LogP contribution is 2.19. The number of H-pyrrole nitrogens is 1. The van der Waals surface area contributed by atoms with Crippen LogP contribution in [-0.2, 0) is 0 Å². The molecular weight excluding hydrogens is 356 g/mol. The van der Waals surface area contributed by atoms with Crippen molar-refractivity contribution in [2.24, 2.45) is 5.10 Å². The van der Waals surface area contributed by atoms with E-state index in [-0.39, 0.29) is 10.3 Å². The Morgan fingerprint density at radius 3 is 2.41 bits per heavy atom. The second-order valence-corrected chi connectivity index (χ2v) is 7.22. The molecule has 0 bridgehead atoms. The van der Waals surface area contributed by atoms with Crippen LogP contribution in [0.15, 0.2) is 58.4 Å². The Hall–Kier alpha value is -2.73. The maximum absolute atomic E-state index is 12.6. The van der Waals surface area contributed by atoms with Crippen LogP contribution >= 0.6 is 12.2 Å². The molecule has 1 saturated heterocycles. The van der Waals surface area contributed by atoms with Gasteiger partial charge in [0.05, 0.1) is 17.1 Å².